The zero-order chi connectivity index (χ0) is 20.9. The summed E-state index contributed by atoms with van der Waals surface area (Å²) in [7, 11) is 1.83. The molecule has 1 saturated heterocycles. The van der Waals surface area contributed by atoms with E-state index in [1.165, 1.54) is 4.90 Å². The van der Waals surface area contributed by atoms with Gasteiger partial charge in [-0.05, 0) is 30.3 Å². The van der Waals surface area contributed by atoms with Gasteiger partial charge in [0.15, 0.2) is 0 Å². The van der Waals surface area contributed by atoms with Gasteiger partial charge in [0.2, 0.25) is 0 Å². The monoisotopic (exact) mass is 408 g/mol. The first-order valence-corrected chi connectivity index (χ1v) is 9.63. The molecule has 152 valence electrons. The molecule has 0 unspecified atom stereocenters. The van der Waals surface area contributed by atoms with Crippen molar-refractivity contribution in [3.63, 3.8) is 0 Å². The molecule has 7 nitrogen and oxygen atoms in total. The van der Waals surface area contributed by atoms with Crippen molar-refractivity contribution >= 4 is 28.0 Å². The molecule has 3 aromatic heterocycles. The molecule has 9 heteroatoms. The van der Waals surface area contributed by atoms with Crippen molar-refractivity contribution in [2.75, 3.05) is 13.1 Å². The number of carbonyl (C=O) groups excluding carboxylic acids is 1. The van der Waals surface area contributed by atoms with Crippen molar-refractivity contribution in [2.24, 2.45) is 7.05 Å². The maximum atomic E-state index is 13.4. The van der Waals surface area contributed by atoms with Crippen molar-refractivity contribution in [3.8, 4) is 11.4 Å². The molecule has 4 aromatic rings. The molecular weight excluding hydrogens is 390 g/mol. The summed E-state index contributed by atoms with van der Waals surface area (Å²) in [5.41, 5.74) is 4.37. The molecule has 4 heterocycles. The molecular formula is C21H18F2N6O. The van der Waals surface area contributed by atoms with E-state index in [9.17, 15) is 13.6 Å². The molecule has 1 aliphatic heterocycles. The molecule has 0 atom stereocenters. The van der Waals surface area contributed by atoms with E-state index in [1.54, 1.807) is 29.1 Å². The Balaban J connectivity index is 1.47. The third kappa shape index (κ3) is 3.36. The normalized spacial score (nSPS) is 16.3. The first-order valence-electron chi connectivity index (χ1n) is 9.63. The van der Waals surface area contributed by atoms with Crippen LogP contribution in [0.1, 0.15) is 23.2 Å². The predicted octanol–water partition coefficient (Wildman–Crippen LogP) is 3.45. The number of likely N-dealkylation sites (tertiary alicyclic amines) is 1. The summed E-state index contributed by atoms with van der Waals surface area (Å²) in [5, 5.41) is 4.31. The smallest absolute Gasteiger partial charge is 0.253 e. The van der Waals surface area contributed by atoms with Gasteiger partial charge in [0.1, 0.15) is 16.7 Å². The molecule has 1 fully saturated rings. The number of pyridine rings is 1. The number of alkyl halides is 2. The van der Waals surface area contributed by atoms with Crippen LogP contribution in [0.2, 0.25) is 0 Å². The number of carbonyl (C=O) groups is 1. The van der Waals surface area contributed by atoms with Crippen LogP contribution < -0.4 is 0 Å². The summed E-state index contributed by atoms with van der Waals surface area (Å²) in [6.45, 7) is 0.0925. The number of halogens is 2. The van der Waals surface area contributed by atoms with Gasteiger partial charge in [-0.25, -0.2) is 18.7 Å². The number of amides is 1. The van der Waals surface area contributed by atoms with Gasteiger partial charge in [0.25, 0.3) is 11.8 Å². The molecule has 1 aliphatic rings. The second kappa shape index (κ2) is 6.79. The van der Waals surface area contributed by atoms with Gasteiger partial charge < -0.3 is 4.90 Å². The molecule has 5 rings (SSSR count). The Hall–Kier alpha value is -3.49. The minimum atomic E-state index is -2.69. The third-order valence-corrected chi connectivity index (χ3v) is 5.31. The fraction of sp³-hybridized carbons (Fsp3) is 0.286. The van der Waals surface area contributed by atoms with Crippen LogP contribution in [0.5, 0.6) is 0 Å². The third-order valence-electron chi connectivity index (χ3n) is 5.31. The van der Waals surface area contributed by atoms with Gasteiger partial charge in [-0.15, -0.1) is 0 Å². The van der Waals surface area contributed by atoms with Gasteiger partial charge in [-0.2, -0.15) is 5.10 Å². The van der Waals surface area contributed by atoms with E-state index in [0.29, 0.717) is 28.0 Å². The molecule has 0 aliphatic carbocycles. The summed E-state index contributed by atoms with van der Waals surface area (Å²) >= 11 is 0. The van der Waals surface area contributed by atoms with E-state index >= 15 is 0 Å². The molecule has 0 N–H and O–H groups in total. The lowest BCUT2D eigenvalue weighted by Crippen LogP contribution is -2.42. The molecule has 0 radical (unpaired) electrons. The number of aromatic nitrogens is 5. The number of nitrogens with zero attached hydrogens (tertiary/aromatic N) is 6. The van der Waals surface area contributed by atoms with Crippen molar-refractivity contribution in [1.29, 1.82) is 0 Å². The van der Waals surface area contributed by atoms with E-state index in [0.717, 1.165) is 11.0 Å². The Morgan fingerprint density at radius 3 is 2.50 bits per heavy atom. The van der Waals surface area contributed by atoms with Crippen LogP contribution in [0, 0.1) is 0 Å². The van der Waals surface area contributed by atoms with Crippen LogP contribution in [-0.4, -0.2) is 54.6 Å². The van der Waals surface area contributed by atoms with Crippen LogP contribution in [0.15, 0.2) is 42.7 Å². The number of hydrogen-bond acceptors (Lipinski definition) is 5. The van der Waals surface area contributed by atoms with Crippen molar-refractivity contribution in [1.82, 2.24) is 29.6 Å². The molecule has 0 saturated carbocycles. The Morgan fingerprint density at radius 1 is 0.967 bits per heavy atom. The van der Waals surface area contributed by atoms with E-state index in [-0.39, 0.29) is 31.8 Å². The molecule has 1 aromatic carbocycles. The number of fused-ring (bicyclic) bond motifs is 2. The quantitative estimate of drug-likeness (QED) is 0.508. The molecule has 1 amide bonds. The number of piperidine rings is 1. The Kier molecular flexibility index (Phi) is 4.19. The average molecular weight is 408 g/mol. The highest BCUT2D eigenvalue weighted by Crippen LogP contribution is 2.29. The van der Waals surface area contributed by atoms with Gasteiger partial charge in [0.05, 0.1) is 29.1 Å². The van der Waals surface area contributed by atoms with Gasteiger partial charge in [0, 0.05) is 38.5 Å². The fourth-order valence-corrected chi connectivity index (χ4v) is 3.65. The van der Waals surface area contributed by atoms with E-state index in [1.807, 2.05) is 25.4 Å². The zero-order valence-electron chi connectivity index (χ0n) is 16.2. The predicted molar refractivity (Wildman–Crippen MR) is 107 cm³/mol. The molecule has 0 bridgehead atoms. The van der Waals surface area contributed by atoms with Gasteiger partial charge in [-0.1, -0.05) is 0 Å². The van der Waals surface area contributed by atoms with Crippen molar-refractivity contribution in [3.05, 3.63) is 48.3 Å². The molecule has 30 heavy (non-hydrogen) atoms. The Bertz CT molecular complexity index is 1280. The summed E-state index contributed by atoms with van der Waals surface area (Å²) in [5.74, 6) is -2.96. The van der Waals surface area contributed by atoms with E-state index < -0.39 is 5.92 Å². The van der Waals surface area contributed by atoms with Gasteiger partial charge >= 0.3 is 0 Å². The highest BCUT2D eigenvalue weighted by Gasteiger charge is 2.35. The standard InChI is InChI=1S/C21H18F2N6O/c1-28-12-19-16(27-28)5-4-15(25-19)18-11-24-14-3-2-13(10-17(14)26-18)20(30)29-8-6-21(22,23)7-9-29/h2-5,10-12H,6-9H2,1H3. The maximum absolute atomic E-state index is 13.4. The maximum Gasteiger partial charge on any atom is 0.253 e. The Morgan fingerprint density at radius 2 is 1.70 bits per heavy atom. The lowest BCUT2D eigenvalue weighted by molar-refractivity contribution is -0.0494. The Labute approximate surface area is 170 Å². The van der Waals surface area contributed by atoms with E-state index in [4.69, 9.17) is 0 Å². The fourth-order valence-electron chi connectivity index (χ4n) is 3.65. The molecule has 0 spiro atoms. The second-order valence-corrected chi connectivity index (χ2v) is 7.51. The van der Waals surface area contributed by atoms with Crippen LogP contribution in [0.4, 0.5) is 8.78 Å². The lowest BCUT2D eigenvalue weighted by atomic mass is 10.1. The number of aryl methyl sites for hydroxylation is 1. The first-order chi connectivity index (χ1) is 14.4. The average Bonchev–Trinajstić information content (AvgIpc) is 3.11. The summed E-state index contributed by atoms with van der Waals surface area (Å²) in [6.07, 6.45) is 2.85. The topological polar surface area (TPSA) is 76.8 Å². The van der Waals surface area contributed by atoms with Gasteiger partial charge in [-0.3, -0.25) is 14.5 Å². The lowest BCUT2D eigenvalue weighted by Gasteiger charge is -2.31. The van der Waals surface area contributed by atoms with Crippen LogP contribution in [-0.2, 0) is 7.05 Å². The van der Waals surface area contributed by atoms with Crippen LogP contribution >= 0.6 is 0 Å². The number of rotatable bonds is 2. The minimum absolute atomic E-state index is 0.0463. The summed E-state index contributed by atoms with van der Waals surface area (Å²) < 4.78 is 28.5. The van der Waals surface area contributed by atoms with E-state index in [2.05, 4.69) is 20.1 Å². The minimum Gasteiger partial charge on any atom is -0.338 e. The SMILES string of the molecule is Cn1cc2nc(-c3cnc4ccc(C(=O)N5CCC(F)(F)CC5)cc4n3)ccc2n1. The second-order valence-electron chi connectivity index (χ2n) is 7.51. The summed E-state index contributed by atoms with van der Waals surface area (Å²) in [4.78, 5) is 27.9. The highest BCUT2D eigenvalue weighted by molar-refractivity contribution is 5.97. The number of benzene rings is 1. The van der Waals surface area contributed by atoms with Crippen molar-refractivity contribution in [2.45, 2.75) is 18.8 Å². The van der Waals surface area contributed by atoms with Crippen LogP contribution in [0.3, 0.4) is 0 Å². The largest absolute Gasteiger partial charge is 0.338 e. The van der Waals surface area contributed by atoms with Crippen LogP contribution in [0.25, 0.3) is 33.5 Å². The van der Waals surface area contributed by atoms with Crippen molar-refractivity contribution < 1.29 is 13.6 Å². The zero-order valence-corrected chi connectivity index (χ0v) is 16.2. The first kappa shape index (κ1) is 18.5. The highest BCUT2D eigenvalue weighted by atomic mass is 19.3. The summed E-state index contributed by atoms with van der Waals surface area (Å²) in [6, 6.07) is 8.73. The number of hydrogen-bond donors (Lipinski definition) is 0.